The van der Waals surface area contributed by atoms with Crippen molar-refractivity contribution in [3.63, 3.8) is 0 Å². The van der Waals surface area contributed by atoms with Gasteiger partial charge in [-0.15, -0.1) is 6.42 Å². The second-order valence-corrected chi connectivity index (χ2v) is 17.3. The minimum Gasteiger partial charge on any atom is -0.480 e. The number of nitrogens with two attached hydrogens (primary N) is 1. The van der Waals surface area contributed by atoms with Crippen LogP contribution in [0.15, 0.2) is 23.7 Å². The fourth-order valence-electron chi connectivity index (χ4n) is 7.58. The van der Waals surface area contributed by atoms with Gasteiger partial charge in [0, 0.05) is 79.0 Å². The first-order valence-corrected chi connectivity index (χ1v) is 25.5. The molecule has 0 aromatic rings. The van der Waals surface area contributed by atoms with E-state index in [9.17, 15) is 54.3 Å². The second-order valence-electron chi connectivity index (χ2n) is 17.3. The fraction of sp³-hybridized carbons (Fsp3) is 0.735. The van der Waals surface area contributed by atoms with Gasteiger partial charge in [-0.25, -0.2) is 9.59 Å². The molecule has 4 amide bonds. The maximum absolute atomic E-state index is 13.3. The third-order valence-corrected chi connectivity index (χ3v) is 11.2. The van der Waals surface area contributed by atoms with Crippen LogP contribution in [0.4, 0.5) is 0 Å². The summed E-state index contributed by atoms with van der Waals surface area (Å²) >= 11 is 0. The van der Waals surface area contributed by atoms with Crippen LogP contribution in [-0.2, 0) is 76.1 Å². The summed E-state index contributed by atoms with van der Waals surface area (Å²) in [4.78, 5) is 75.2. The minimum absolute atomic E-state index is 0.00924. The molecule has 0 aromatic carbocycles. The summed E-state index contributed by atoms with van der Waals surface area (Å²) in [5, 5.41) is 66.7. The largest absolute Gasteiger partial charge is 0.480 e. The summed E-state index contributed by atoms with van der Waals surface area (Å²) in [6.07, 6.45) is 4.11. The molecule has 0 spiro atoms. The minimum atomic E-state index is -1.53. The van der Waals surface area contributed by atoms with Gasteiger partial charge in [-0.05, 0) is 44.3 Å². The molecular formula is C49H81N7O21. The van der Waals surface area contributed by atoms with Crippen molar-refractivity contribution in [3.05, 3.63) is 23.7 Å². The van der Waals surface area contributed by atoms with Gasteiger partial charge in [0.2, 0.25) is 35.1 Å². The molecule has 2 heterocycles. The number of rotatable bonds is 45. The highest BCUT2D eigenvalue weighted by molar-refractivity contribution is 5.85. The maximum Gasteiger partial charge on any atom is 0.370 e. The summed E-state index contributed by atoms with van der Waals surface area (Å²) < 4.78 is 55.6. The molecule has 0 radical (unpaired) electrons. The van der Waals surface area contributed by atoms with E-state index in [2.05, 4.69) is 27.2 Å². The van der Waals surface area contributed by atoms with E-state index in [4.69, 9.17) is 64.9 Å². The van der Waals surface area contributed by atoms with E-state index in [-0.39, 0.29) is 89.4 Å². The van der Waals surface area contributed by atoms with Gasteiger partial charge < -0.3 is 105 Å². The summed E-state index contributed by atoms with van der Waals surface area (Å²) in [5.74, 6) is -3.06. The molecule has 2 rings (SSSR count). The molecule has 0 bridgehead atoms. The van der Waals surface area contributed by atoms with E-state index in [0.717, 1.165) is 0 Å². The van der Waals surface area contributed by atoms with Gasteiger partial charge in [0.1, 0.15) is 44.2 Å². The number of carboxylic acid groups (broad SMARTS) is 2. The normalized spacial score (nSPS) is 18.2. The predicted octanol–water partition coefficient (Wildman–Crippen LogP) is -2.89. The van der Waals surface area contributed by atoms with Crippen molar-refractivity contribution in [2.75, 3.05) is 132 Å². The highest BCUT2D eigenvalue weighted by Crippen LogP contribution is 2.25. The molecule has 438 valence electrons. The van der Waals surface area contributed by atoms with E-state index in [0.29, 0.717) is 91.6 Å². The van der Waals surface area contributed by atoms with Crippen LogP contribution in [-0.4, -0.2) is 246 Å². The molecule has 0 aliphatic carbocycles. The number of terminal acetylenes is 1. The molecule has 12 N–H and O–H groups in total. The van der Waals surface area contributed by atoms with Crippen LogP contribution in [0.5, 0.6) is 0 Å². The number of amides is 4. The Balaban J connectivity index is 1.76. The Labute approximate surface area is 448 Å². The average molecular weight is 1100 g/mol. The summed E-state index contributed by atoms with van der Waals surface area (Å²) in [7, 11) is 0. The van der Waals surface area contributed by atoms with Crippen LogP contribution in [0.25, 0.3) is 0 Å². The molecule has 7 atom stereocenters. The monoisotopic (exact) mass is 1100 g/mol. The zero-order valence-corrected chi connectivity index (χ0v) is 43.9. The number of guanidine groups is 1. The van der Waals surface area contributed by atoms with Crippen molar-refractivity contribution in [1.29, 1.82) is 5.41 Å². The Morgan fingerprint density at radius 1 is 0.779 bits per heavy atom. The van der Waals surface area contributed by atoms with Gasteiger partial charge in [-0.3, -0.25) is 24.6 Å². The maximum atomic E-state index is 13.3. The van der Waals surface area contributed by atoms with Crippen LogP contribution in [0, 0.1) is 17.8 Å². The molecule has 0 fully saturated rings. The van der Waals surface area contributed by atoms with Crippen molar-refractivity contribution in [2.45, 2.75) is 101 Å². The first-order chi connectivity index (χ1) is 37.1. The molecule has 0 saturated heterocycles. The molecule has 28 nitrogen and oxygen atoms in total. The summed E-state index contributed by atoms with van der Waals surface area (Å²) in [6.45, 7) is 4.26. The summed E-state index contributed by atoms with van der Waals surface area (Å²) in [5.41, 5.74) is 5.40. The number of hydrogen-bond acceptors (Lipinski definition) is 20. The van der Waals surface area contributed by atoms with E-state index in [1.54, 1.807) is 4.90 Å². The third-order valence-electron chi connectivity index (χ3n) is 11.2. The molecule has 2 aliphatic heterocycles. The number of carboxylic acids is 2. The zero-order chi connectivity index (χ0) is 56.6. The molecular weight excluding hydrogens is 1020 g/mol. The Hall–Kier alpha value is -5.71. The highest BCUT2D eigenvalue weighted by atomic mass is 16.6. The number of aliphatic hydroxyl groups is 3. The van der Waals surface area contributed by atoms with Gasteiger partial charge >= 0.3 is 11.9 Å². The van der Waals surface area contributed by atoms with E-state index in [1.165, 1.54) is 19.1 Å². The number of hydrogen-bond donors (Lipinski definition) is 11. The topological polar surface area (TPSA) is 397 Å². The first kappa shape index (κ1) is 67.4. The molecule has 77 heavy (non-hydrogen) atoms. The Morgan fingerprint density at radius 2 is 1.32 bits per heavy atom. The number of ether oxygens (including phenoxy) is 10. The molecule has 0 saturated carbocycles. The molecule has 0 aromatic heterocycles. The van der Waals surface area contributed by atoms with Crippen LogP contribution in [0.3, 0.4) is 0 Å². The lowest BCUT2D eigenvalue weighted by Gasteiger charge is -2.36. The average Bonchev–Trinajstić information content (AvgIpc) is 3.39. The third kappa shape index (κ3) is 30.7. The SMILES string of the molecule is C#CCOCCOCCOCCOCCC(=O)N(CCCOCCCNC(=O)CO[C@H](CCO)[C@@H]1OC(C(=O)O)=CC[C@H]1NC(C)=O)CCCOCCCNC(=O)CO[C@@H](C1C[C@@H](NC(=N)N)C=C(C(=O)O)O1)[C@H](O)CO. The Kier molecular flexibility index (Phi) is 36.2. The van der Waals surface area contributed by atoms with Gasteiger partial charge in [0.25, 0.3) is 0 Å². The number of carbonyl (C=O) groups excluding carboxylic acids is 4. The number of aliphatic hydroxyl groups excluding tert-OH is 3. The van der Waals surface area contributed by atoms with Crippen LogP contribution in [0.1, 0.15) is 58.3 Å². The smallest absolute Gasteiger partial charge is 0.370 e. The molecule has 1 unspecified atom stereocenters. The first-order valence-electron chi connectivity index (χ1n) is 25.5. The van der Waals surface area contributed by atoms with E-state index >= 15 is 0 Å². The quantitative estimate of drug-likeness (QED) is 0.0126. The van der Waals surface area contributed by atoms with Crippen LogP contribution >= 0.6 is 0 Å². The number of nitrogens with zero attached hydrogens (tertiary/aromatic N) is 1. The Bertz CT molecular complexity index is 1870. The number of carbonyl (C=O) groups is 6. The lowest BCUT2D eigenvalue weighted by molar-refractivity contribution is -0.154. The second kappa shape index (κ2) is 41.4. The van der Waals surface area contributed by atoms with Crippen molar-refractivity contribution in [3.8, 4) is 12.3 Å². The van der Waals surface area contributed by atoms with Gasteiger partial charge in [-0.1, -0.05) is 5.92 Å². The fourth-order valence-corrected chi connectivity index (χ4v) is 7.58. The lowest BCUT2D eigenvalue weighted by atomic mass is 9.97. The van der Waals surface area contributed by atoms with Gasteiger partial charge in [0.05, 0.1) is 77.5 Å². The molecule has 2 aliphatic rings. The van der Waals surface area contributed by atoms with E-state index < -0.39 is 97.9 Å². The van der Waals surface area contributed by atoms with Crippen LogP contribution in [0.2, 0.25) is 0 Å². The van der Waals surface area contributed by atoms with Crippen LogP contribution < -0.4 is 27.0 Å². The highest BCUT2D eigenvalue weighted by Gasteiger charge is 2.39. The van der Waals surface area contributed by atoms with Gasteiger partial charge in [-0.2, -0.15) is 0 Å². The van der Waals surface area contributed by atoms with Crippen molar-refractivity contribution >= 4 is 41.5 Å². The Morgan fingerprint density at radius 3 is 1.86 bits per heavy atom. The molecule has 28 heteroatoms. The van der Waals surface area contributed by atoms with Crippen molar-refractivity contribution in [1.82, 2.24) is 26.2 Å². The lowest BCUT2D eigenvalue weighted by Crippen LogP contribution is -2.52. The number of aliphatic carboxylic acids is 2. The predicted molar refractivity (Wildman–Crippen MR) is 271 cm³/mol. The van der Waals surface area contributed by atoms with Crippen molar-refractivity contribution < 1.29 is 102 Å². The number of nitrogens with one attached hydrogen (secondary N) is 5. The summed E-state index contributed by atoms with van der Waals surface area (Å²) in [6, 6.07) is -1.39. The van der Waals surface area contributed by atoms with Gasteiger partial charge in [0.15, 0.2) is 5.96 Å². The zero-order valence-electron chi connectivity index (χ0n) is 43.9. The van der Waals surface area contributed by atoms with E-state index in [1.807, 2.05) is 0 Å². The van der Waals surface area contributed by atoms with Crippen molar-refractivity contribution in [2.24, 2.45) is 5.73 Å². The standard InChI is InChI=1S/C49H81N7O21/c1-3-17-68-23-25-72-27-28-73-26-24-71-22-11-44(63)56(14-6-20-69-18-4-12-52-42(61)32-74-38(10-16-57)45-36(54-34(2)59)8-9-39(77-45)47(64)65)15-7-21-70-19-5-13-53-43(62)33-75-46(37(60)31-58)40-29-35(55-49(50)51)30-41(76-40)48(66)67/h1,9,30,35-38,40,45-46,57-58,60H,4-8,10-29,31-33H2,2H3,(H,52,61)(H,53,62)(H,54,59)(H,64,65)(H,66,67)(H4,50,51,55)/t35-,36-,37-,38-,40?,45-,46-/m1/s1.